The quantitative estimate of drug-likeness (QED) is 0.717. The van der Waals surface area contributed by atoms with Crippen molar-refractivity contribution in [2.24, 2.45) is 5.73 Å². The van der Waals surface area contributed by atoms with Crippen molar-refractivity contribution in [1.82, 2.24) is 9.62 Å². The Morgan fingerprint density at radius 3 is 2.30 bits per heavy atom. The number of carbonyl (C=O) groups is 2. The lowest BCUT2D eigenvalue weighted by Gasteiger charge is -2.34. The van der Waals surface area contributed by atoms with Gasteiger partial charge in [-0.25, -0.2) is 8.42 Å². The highest BCUT2D eigenvalue weighted by Crippen LogP contribution is 2.22. The number of hydrogen-bond acceptors (Lipinski definition) is 5. The van der Waals surface area contributed by atoms with Crippen molar-refractivity contribution < 1.29 is 22.7 Å². The summed E-state index contributed by atoms with van der Waals surface area (Å²) in [5.41, 5.74) is 6.11. The van der Waals surface area contributed by atoms with Gasteiger partial charge in [0.25, 0.3) is 5.91 Å². The molecule has 3 unspecified atom stereocenters. The largest absolute Gasteiger partial charge is 0.373 e. The summed E-state index contributed by atoms with van der Waals surface area (Å²) in [6.45, 7) is 4.10. The summed E-state index contributed by atoms with van der Waals surface area (Å²) in [6.07, 6.45) is -0.450. The second-order valence-corrected chi connectivity index (χ2v) is 9.26. The van der Waals surface area contributed by atoms with Crippen LogP contribution in [0.1, 0.15) is 35.8 Å². The molecule has 2 amide bonds. The SMILES string of the molecule is CC1CN(S(=O)(=O)c2cccc(C(=O)NC(C(N)=O)c3ccccc3)c2)CC(C)O1. The lowest BCUT2D eigenvalue weighted by atomic mass is 10.1. The smallest absolute Gasteiger partial charge is 0.252 e. The summed E-state index contributed by atoms with van der Waals surface area (Å²) in [5, 5.41) is 2.58. The molecule has 2 aromatic carbocycles. The van der Waals surface area contributed by atoms with Gasteiger partial charge in [-0.1, -0.05) is 36.4 Å². The van der Waals surface area contributed by atoms with Gasteiger partial charge in [0.1, 0.15) is 6.04 Å². The number of nitrogens with zero attached hydrogens (tertiary/aromatic N) is 1. The minimum Gasteiger partial charge on any atom is -0.373 e. The number of sulfonamides is 1. The number of carbonyl (C=O) groups excluding carboxylic acids is 2. The zero-order valence-corrected chi connectivity index (χ0v) is 17.6. The van der Waals surface area contributed by atoms with Crippen LogP contribution in [0.4, 0.5) is 0 Å². The molecule has 160 valence electrons. The van der Waals surface area contributed by atoms with Gasteiger partial charge in [-0.3, -0.25) is 9.59 Å². The number of amides is 2. The standard InChI is InChI=1S/C21H25N3O5S/c1-14-12-24(13-15(2)29-14)30(27,28)18-10-6-9-17(11-18)21(26)23-19(20(22)25)16-7-4-3-5-8-16/h3-11,14-15,19H,12-13H2,1-2H3,(H2,22,25)(H,23,26). The molecule has 1 saturated heterocycles. The fraction of sp³-hybridized carbons (Fsp3) is 0.333. The van der Waals surface area contributed by atoms with Crippen LogP contribution in [-0.4, -0.2) is 49.8 Å². The van der Waals surface area contributed by atoms with Crippen LogP contribution >= 0.6 is 0 Å². The van der Waals surface area contributed by atoms with Gasteiger partial charge < -0.3 is 15.8 Å². The molecule has 0 radical (unpaired) electrons. The molecular weight excluding hydrogens is 406 g/mol. The van der Waals surface area contributed by atoms with Crippen LogP contribution in [0, 0.1) is 0 Å². The first-order valence-corrected chi connectivity index (χ1v) is 11.0. The van der Waals surface area contributed by atoms with E-state index in [1.54, 1.807) is 30.3 Å². The molecule has 0 spiro atoms. The molecule has 2 aromatic rings. The molecule has 0 aliphatic carbocycles. The second kappa shape index (κ2) is 8.95. The molecule has 1 heterocycles. The monoisotopic (exact) mass is 431 g/mol. The van der Waals surface area contributed by atoms with Gasteiger partial charge in [-0.2, -0.15) is 4.31 Å². The average molecular weight is 432 g/mol. The highest BCUT2D eigenvalue weighted by molar-refractivity contribution is 7.89. The summed E-state index contributed by atoms with van der Waals surface area (Å²) in [4.78, 5) is 24.6. The van der Waals surface area contributed by atoms with Gasteiger partial charge in [-0.05, 0) is 37.6 Å². The molecule has 0 saturated carbocycles. The molecule has 8 nitrogen and oxygen atoms in total. The second-order valence-electron chi connectivity index (χ2n) is 7.33. The first kappa shape index (κ1) is 21.9. The number of nitrogens with two attached hydrogens (primary N) is 1. The third kappa shape index (κ3) is 4.86. The lowest BCUT2D eigenvalue weighted by molar-refractivity contribution is -0.120. The van der Waals surface area contributed by atoms with Gasteiger partial charge >= 0.3 is 0 Å². The molecule has 1 aliphatic rings. The summed E-state index contributed by atoms with van der Waals surface area (Å²) >= 11 is 0. The Balaban J connectivity index is 1.84. The van der Waals surface area contributed by atoms with Gasteiger partial charge in [0.05, 0.1) is 17.1 Å². The molecule has 9 heteroatoms. The Morgan fingerprint density at radius 1 is 1.07 bits per heavy atom. The first-order chi connectivity index (χ1) is 14.2. The fourth-order valence-corrected chi connectivity index (χ4v) is 5.09. The van der Waals surface area contributed by atoms with Gasteiger partial charge in [0.15, 0.2) is 0 Å². The Kier molecular flexibility index (Phi) is 6.55. The maximum atomic E-state index is 13.1. The van der Waals surface area contributed by atoms with E-state index in [0.29, 0.717) is 5.56 Å². The van der Waals surface area contributed by atoms with E-state index >= 15 is 0 Å². The number of rotatable bonds is 6. The van der Waals surface area contributed by atoms with Crippen LogP contribution in [0.3, 0.4) is 0 Å². The van der Waals surface area contributed by atoms with E-state index in [1.165, 1.54) is 28.6 Å². The van der Waals surface area contributed by atoms with Gasteiger partial charge in [-0.15, -0.1) is 0 Å². The van der Waals surface area contributed by atoms with Gasteiger partial charge in [0, 0.05) is 18.7 Å². The van der Waals surface area contributed by atoms with Crippen molar-refractivity contribution in [2.45, 2.75) is 37.0 Å². The normalized spacial score (nSPS) is 21.0. The van der Waals surface area contributed by atoms with Crippen molar-refractivity contribution in [1.29, 1.82) is 0 Å². The summed E-state index contributed by atoms with van der Waals surface area (Å²) in [6, 6.07) is 13.3. The van der Waals surface area contributed by atoms with Crippen molar-refractivity contribution in [3.63, 3.8) is 0 Å². The Bertz CT molecular complexity index is 1020. The third-order valence-electron chi connectivity index (χ3n) is 4.81. The molecule has 0 aromatic heterocycles. The third-order valence-corrected chi connectivity index (χ3v) is 6.64. The molecular formula is C21H25N3O5S. The molecule has 30 heavy (non-hydrogen) atoms. The lowest BCUT2D eigenvalue weighted by Crippen LogP contribution is -2.48. The van der Waals surface area contributed by atoms with Crippen molar-refractivity contribution >= 4 is 21.8 Å². The van der Waals surface area contributed by atoms with E-state index in [9.17, 15) is 18.0 Å². The molecule has 0 bridgehead atoms. The van der Waals surface area contributed by atoms with E-state index in [4.69, 9.17) is 10.5 Å². The number of morpholine rings is 1. The maximum absolute atomic E-state index is 13.1. The van der Waals surface area contributed by atoms with Crippen LogP contribution in [0.5, 0.6) is 0 Å². The summed E-state index contributed by atoms with van der Waals surface area (Å²) < 4.78 is 33.1. The van der Waals surface area contributed by atoms with Crippen molar-refractivity contribution in [3.05, 3.63) is 65.7 Å². The van der Waals surface area contributed by atoms with E-state index in [0.717, 1.165) is 0 Å². The van der Waals surface area contributed by atoms with Crippen LogP contribution in [-0.2, 0) is 19.6 Å². The minimum atomic E-state index is -3.80. The minimum absolute atomic E-state index is 0.00628. The van der Waals surface area contributed by atoms with Crippen LogP contribution < -0.4 is 11.1 Å². The average Bonchev–Trinajstić information content (AvgIpc) is 2.71. The molecule has 1 fully saturated rings. The van der Waals surface area contributed by atoms with E-state index in [-0.39, 0.29) is 35.8 Å². The number of benzene rings is 2. The number of primary amides is 1. The van der Waals surface area contributed by atoms with Crippen LogP contribution in [0.15, 0.2) is 59.5 Å². The highest BCUT2D eigenvalue weighted by Gasteiger charge is 2.32. The fourth-order valence-electron chi connectivity index (χ4n) is 3.45. The molecule has 3 atom stereocenters. The Labute approximate surface area is 176 Å². The molecule has 1 aliphatic heterocycles. The predicted octanol–water partition coefficient (Wildman–Crippen LogP) is 1.44. The van der Waals surface area contributed by atoms with Crippen molar-refractivity contribution in [2.75, 3.05) is 13.1 Å². The summed E-state index contributed by atoms with van der Waals surface area (Å²) in [7, 11) is -3.80. The van der Waals surface area contributed by atoms with Crippen LogP contribution in [0.2, 0.25) is 0 Å². The summed E-state index contributed by atoms with van der Waals surface area (Å²) in [5.74, 6) is -1.31. The van der Waals surface area contributed by atoms with E-state index < -0.39 is 27.9 Å². The first-order valence-electron chi connectivity index (χ1n) is 9.59. The Morgan fingerprint density at radius 2 is 1.70 bits per heavy atom. The number of nitrogens with one attached hydrogen (secondary N) is 1. The van der Waals surface area contributed by atoms with E-state index in [2.05, 4.69) is 5.32 Å². The molecule has 3 rings (SSSR count). The zero-order chi connectivity index (χ0) is 21.9. The molecule has 3 N–H and O–H groups in total. The predicted molar refractivity (Wildman–Crippen MR) is 111 cm³/mol. The topological polar surface area (TPSA) is 119 Å². The number of ether oxygens (including phenoxy) is 1. The van der Waals surface area contributed by atoms with E-state index in [1.807, 2.05) is 13.8 Å². The highest BCUT2D eigenvalue weighted by atomic mass is 32.2. The zero-order valence-electron chi connectivity index (χ0n) is 16.8. The van der Waals surface area contributed by atoms with Gasteiger partial charge in [0.2, 0.25) is 15.9 Å². The van der Waals surface area contributed by atoms with Crippen LogP contribution in [0.25, 0.3) is 0 Å². The number of hydrogen-bond donors (Lipinski definition) is 2. The van der Waals surface area contributed by atoms with Crippen molar-refractivity contribution in [3.8, 4) is 0 Å². The maximum Gasteiger partial charge on any atom is 0.252 e. The Hall–Kier alpha value is -2.75.